The first-order chi connectivity index (χ1) is 9.85. The Morgan fingerprint density at radius 1 is 1.57 bits per heavy atom. The summed E-state index contributed by atoms with van der Waals surface area (Å²) in [5, 5.41) is 10.6. The Morgan fingerprint density at radius 2 is 2.29 bits per heavy atom. The van der Waals surface area contributed by atoms with Crippen LogP contribution in [0.2, 0.25) is 0 Å². The molecule has 1 saturated heterocycles. The highest BCUT2D eigenvalue weighted by molar-refractivity contribution is 5.76. The number of hydrogen-bond donors (Lipinski definition) is 3. The number of nitrogens with zero attached hydrogens (tertiary/aromatic N) is 2. The Hall–Kier alpha value is -1.93. The van der Waals surface area contributed by atoms with Gasteiger partial charge in [0.05, 0.1) is 12.6 Å². The second kappa shape index (κ2) is 5.82. The summed E-state index contributed by atoms with van der Waals surface area (Å²) in [6, 6.07) is 0.743. The molecule has 1 aromatic heterocycles. The number of H-pyrrole nitrogens is 1. The fraction of sp³-hybridized carbons (Fsp3) is 0.615. The van der Waals surface area contributed by atoms with E-state index >= 15 is 0 Å². The average Bonchev–Trinajstić information content (AvgIpc) is 2.39. The summed E-state index contributed by atoms with van der Waals surface area (Å²) in [6.45, 7) is 2.41. The lowest BCUT2D eigenvalue weighted by atomic mass is 9.88. The van der Waals surface area contributed by atoms with Gasteiger partial charge in [-0.1, -0.05) is 0 Å². The monoisotopic (exact) mass is 296 g/mol. The summed E-state index contributed by atoms with van der Waals surface area (Å²) in [5.74, 6) is -0.106. The van der Waals surface area contributed by atoms with Crippen molar-refractivity contribution in [1.82, 2.24) is 14.5 Å². The van der Waals surface area contributed by atoms with E-state index < -0.39 is 22.9 Å². The average molecular weight is 296 g/mol. The topological polar surface area (TPSA) is 121 Å². The molecule has 0 unspecified atom stereocenters. The number of aliphatic hydroxyl groups is 1. The highest BCUT2D eigenvalue weighted by Crippen LogP contribution is 2.30. The molecule has 0 aliphatic carbocycles. The van der Waals surface area contributed by atoms with Crippen LogP contribution >= 0.6 is 0 Å². The number of amides is 1. The predicted molar refractivity (Wildman–Crippen MR) is 75.9 cm³/mol. The number of carbonyl (C=O) groups excluding carboxylic acids is 1. The minimum Gasteiger partial charge on any atom is -0.386 e. The maximum absolute atomic E-state index is 11.9. The highest BCUT2D eigenvalue weighted by Gasteiger charge is 2.40. The van der Waals surface area contributed by atoms with Crippen molar-refractivity contribution in [3.05, 3.63) is 33.1 Å². The smallest absolute Gasteiger partial charge is 0.328 e. The lowest BCUT2D eigenvalue weighted by molar-refractivity contribution is -0.140. The minimum absolute atomic E-state index is 0.106. The third-order valence-electron chi connectivity index (χ3n) is 3.80. The SMILES string of the molecule is C[C@@]1(O)CN(C(=O)CCN)CC[C@H]1n1ccc(=O)[nH]c1=O. The molecule has 8 nitrogen and oxygen atoms in total. The van der Waals surface area contributed by atoms with Crippen LogP contribution in [0.25, 0.3) is 0 Å². The standard InChI is InChI=1S/C13H20N4O4/c1-13(21)8-16(11(19)2-5-14)6-3-9(13)17-7-4-10(18)15-12(17)20/h4,7,9,21H,2-3,5-6,8,14H2,1H3,(H,15,18,20)/t9-,13-/m1/s1. The van der Waals surface area contributed by atoms with E-state index in [0.29, 0.717) is 13.0 Å². The number of carbonyl (C=O) groups is 1. The lowest BCUT2D eigenvalue weighted by Crippen LogP contribution is -2.56. The molecule has 2 atom stereocenters. The van der Waals surface area contributed by atoms with Crippen molar-refractivity contribution < 1.29 is 9.90 Å². The zero-order valence-corrected chi connectivity index (χ0v) is 11.9. The van der Waals surface area contributed by atoms with E-state index in [0.717, 1.165) is 0 Å². The van der Waals surface area contributed by atoms with Crippen LogP contribution in [-0.2, 0) is 4.79 Å². The molecular formula is C13H20N4O4. The van der Waals surface area contributed by atoms with Crippen LogP contribution in [-0.4, -0.2) is 50.7 Å². The molecule has 1 amide bonds. The van der Waals surface area contributed by atoms with E-state index in [2.05, 4.69) is 4.98 Å². The fourth-order valence-corrected chi connectivity index (χ4v) is 2.77. The van der Waals surface area contributed by atoms with E-state index in [1.54, 1.807) is 11.8 Å². The normalized spacial score (nSPS) is 25.9. The Bertz CT molecular complexity index is 634. The maximum atomic E-state index is 11.9. The Morgan fingerprint density at radius 3 is 2.86 bits per heavy atom. The Kier molecular flexibility index (Phi) is 4.29. The number of β-amino-alcohol motifs (C(OH)–C–C–N with tert-alkyl or cyclic N) is 1. The summed E-state index contributed by atoms with van der Waals surface area (Å²) < 4.78 is 1.31. The number of hydrogen-bond acceptors (Lipinski definition) is 5. The quantitative estimate of drug-likeness (QED) is 0.621. The lowest BCUT2D eigenvalue weighted by Gasteiger charge is -2.43. The molecule has 1 aromatic rings. The number of nitrogens with two attached hydrogens (primary N) is 1. The van der Waals surface area contributed by atoms with E-state index in [4.69, 9.17) is 5.73 Å². The third kappa shape index (κ3) is 3.22. The van der Waals surface area contributed by atoms with Gasteiger partial charge in [0.25, 0.3) is 5.56 Å². The fourth-order valence-electron chi connectivity index (χ4n) is 2.77. The second-order valence-corrected chi connectivity index (χ2v) is 5.53. The predicted octanol–water partition coefficient (Wildman–Crippen LogP) is -1.59. The first-order valence-corrected chi connectivity index (χ1v) is 6.87. The summed E-state index contributed by atoms with van der Waals surface area (Å²) in [5.41, 5.74) is 3.07. The van der Waals surface area contributed by atoms with Crippen molar-refractivity contribution in [2.75, 3.05) is 19.6 Å². The van der Waals surface area contributed by atoms with Crippen LogP contribution in [0.5, 0.6) is 0 Å². The second-order valence-electron chi connectivity index (χ2n) is 5.53. The zero-order chi connectivity index (χ0) is 15.6. The van der Waals surface area contributed by atoms with Crippen LogP contribution in [0.4, 0.5) is 0 Å². The molecule has 0 radical (unpaired) electrons. The van der Waals surface area contributed by atoms with Crippen molar-refractivity contribution in [2.24, 2.45) is 5.73 Å². The molecular weight excluding hydrogens is 276 g/mol. The van der Waals surface area contributed by atoms with E-state index in [9.17, 15) is 19.5 Å². The molecule has 1 fully saturated rings. The molecule has 4 N–H and O–H groups in total. The van der Waals surface area contributed by atoms with E-state index in [1.165, 1.54) is 16.8 Å². The van der Waals surface area contributed by atoms with Crippen LogP contribution in [0.1, 0.15) is 25.8 Å². The van der Waals surface area contributed by atoms with E-state index in [-0.39, 0.29) is 25.4 Å². The van der Waals surface area contributed by atoms with Gasteiger partial charge >= 0.3 is 5.69 Å². The van der Waals surface area contributed by atoms with Crippen molar-refractivity contribution in [2.45, 2.75) is 31.4 Å². The number of aromatic amines is 1. The molecule has 8 heteroatoms. The Labute approximate surface area is 121 Å². The summed E-state index contributed by atoms with van der Waals surface area (Å²) >= 11 is 0. The molecule has 0 spiro atoms. The molecule has 21 heavy (non-hydrogen) atoms. The maximum Gasteiger partial charge on any atom is 0.328 e. The van der Waals surface area contributed by atoms with Gasteiger partial charge < -0.3 is 15.7 Å². The molecule has 2 rings (SSSR count). The first kappa shape index (κ1) is 15.5. The number of nitrogens with one attached hydrogen (secondary N) is 1. The van der Waals surface area contributed by atoms with Gasteiger partial charge in [-0.05, 0) is 13.3 Å². The molecule has 0 saturated carbocycles. The third-order valence-corrected chi connectivity index (χ3v) is 3.80. The zero-order valence-electron chi connectivity index (χ0n) is 11.9. The highest BCUT2D eigenvalue weighted by atomic mass is 16.3. The van der Waals surface area contributed by atoms with E-state index in [1.807, 2.05) is 0 Å². The number of piperidine rings is 1. The van der Waals surface area contributed by atoms with Crippen LogP contribution in [0.15, 0.2) is 21.9 Å². The van der Waals surface area contributed by atoms with Gasteiger partial charge in [0.15, 0.2) is 0 Å². The number of rotatable bonds is 3. The molecule has 2 heterocycles. The van der Waals surface area contributed by atoms with Gasteiger partial charge in [0.2, 0.25) is 5.91 Å². The Balaban J connectivity index is 2.23. The molecule has 1 aliphatic rings. The van der Waals surface area contributed by atoms with Crippen molar-refractivity contribution in [1.29, 1.82) is 0 Å². The largest absolute Gasteiger partial charge is 0.386 e. The van der Waals surface area contributed by atoms with Gasteiger partial charge in [0, 0.05) is 31.8 Å². The minimum atomic E-state index is -1.26. The first-order valence-electron chi connectivity index (χ1n) is 6.87. The summed E-state index contributed by atoms with van der Waals surface area (Å²) in [4.78, 5) is 38.5. The van der Waals surface area contributed by atoms with Gasteiger partial charge in [-0.15, -0.1) is 0 Å². The van der Waals surface area contributed by atoms with Gasteiger partial charge in [-0.3, -0.25) is 19.1 Å². The number of aromatic nitrogens is 2. The molecule has 116 valence electrons. The van der Waals surface area contributed by atoms with Crippen LogP contribution < -0.4 is 17.0 Å². The van der Waals surface area contributed by atoms with Crippen molar-refractivity contribution in [3.63, 3.8) is 0 Å². The summed E-state index contributed by atoms with van der Waals surface area (Å²) in [7, 11) is 0. The summed E-state index contributed by atoms with van der Waals surface area (Å²) in [6.07, 6.45) is 2.03. The van der Waals surface area contributed by atoms with Gasteiger partial charge in [-0.2, -0.15) is 0 Å². The van der Waals surface area contributed by atoms with Crippen molar-refractivity contribution in [3.8, 4) is 0 Å². The number of likely N-dealkylation sites (tertiary alicyclic amines) is 1. The van der Waals surface area contributed by atoms with Crippen LogP contribution in [0.3, 0.4) is 0 Å². The van der Waals surface area contributed by atoms with Gasteiger partial charge in [0.1, 0.15) is 5.60 Å². The molecule has 1 aliphatic heterocycles. The molecule has 0 bridgehead atoms. The van der Waals surface area contributed by atoms with Gasteiger partial charge in [-0.25, -0.2) is 4.79 Å². The van der Waals surface area contributed by atoms with Crippen molar-refractivity contribution >= 4 is 5.91 Å². The molecule has 0 aromatic carbocycles. The van der Waals surface area contributed by atoms with Crippen LogP contribution in [0, 0.1) is 0 Å².